The van der Waals surface area contributed by atoms with Gasteiger partial charge in [-0.25, -0.2) is 0 Å². The topological polar surface area (TPSA) is 80.1 Å². The van der Waals surface area contributed by atoms with Crippen molar-refractivity contribution in [2.24, 2.45) is 0 Å². The molecule has 0 fully saturated rings. The van der Waals surface area contributed by atoms with Gasteiger partial charge in [0.25, 0.3) is 0 Å². The summed E-state index contributed by atoms with van der Waals surface area (Å²) in [6, 6.07) is 17.1. The smallest absolute Gasteiger partial charge is 0.138 e. The Bertz CT molecular complexity index is 1300. The van der Waals surface area contributed by atoms with E-state index in [1.807, 2.05) is 64.1 Å². The van der Waals surface area contributed by atoms with Crippen molar-refractivity contribution in [3.63, 3.8) is 0 Å². The van der Waals surface area contributed by atoms with Gasteiger partial charge >= 0.3 is 0 Å². The molecule has 0 bridgehead atoms. The number of anilines is 2. The standard InChI is InChI=1S/C25H21ClN4O2.C2H6/c1-3-31-25-16(2)7-9-21-23(25)24(17(13-27)14-29-21)30-18-8-10-22(20(26)12-18)32-15-19-6-4-5-11-28-19;1-2/h4-12,14H,3,15H2,1-2H3,(H,29,30);1-2H3. The molecule has 0 atom stereocenters. The molecule has 7 heteroatoms. The highest BCUT2D eigenvalue weighted by molar-refractivity contribution is 6.32. The van der Waals surface area contributed by atoms with Gasteiger partial charge in [-0.3, -0.25) is 9.97 Å². The van der Waals surface area contributed by atoms with E-state index >= 15 is 0 Å². The second kappa shape index (κ2) is 11.9. The van der Waals surface area contributed by atoms with Crippen LogP contribution in [0.4, 0.5) is 11.4 Å². The highest BCUT2D eigenvalue weighted by Crippen LogP contribution is 2.38. The van der Waals surface area contributed by atoms with Crippen molar-refractivity contribution in [2.75, 3.05) is 11.9 Å². The van der Waals surface area contributed by atoms with Gasteiger partial charge in [0.2, 0.25) is 0 Å². The maximum Gasteiger partial charge on any atom is 0.138 e. The SMILES string of the molecule is CC.CCOc1c(C)ccc2ncc(C#N)c(Nc3ccc(OCc4ccccn4)c(Cl)c3)c12. The zero-order valence-corrected chi connectivity index (χ0v) is 20.5. The quantitative estimate of drug-likeness (QED) is 0.304. The predicted molar refractivity (Wildman–Crippen MR) is 137 cm³/mol. The Morgan fingerprint density at radius 3 is 2.56 bits per heavy atom. The molecule has 0 aliphatic carbocycles. The van der Waals surface area contributed by atoms with Crippen LogP contribution < -0.4 is 14.8 Å². The molecule has 0 amide bonds. The number of pyridine rings is 2. The molecular formula is C27H27ClN4O2. The fraction of sp³-hybridized carbons (Fsp3) is 0.222. The molecule has 0 aliphatic rings. The third kappa shape index (κ3) is 5.56. The summed E-state index contributed by atoms with van der Waals surface area (Å²) in [5.41, 5.74) is 4.27. The van der Waals surface area contributed by atoms with Crippen LogP contribution in [0.3, 0.4) is 0 Å². The number of hydrogen-bond acceptors (Lipinski definition) is 6. The summed E-state index contributed by atoms with van der Waals surface area (Å²) in [5.74, 6) is 1.26. The molecule has 0 unspecified atom stereocenters. The zero-order chi connectivity index (χ0) is 24.5. The van der Waals surface area contributed by atoms with Crippen molar-refractivity contribution >= 4 is 33.9 Å². The molecule has 4 rings (SSSR count). The first kappa shape index (κ1) is 24.8. The lowest BCUT2D eigenvalue weighted by Gasteiger charge is -2.17. The number of nitriles is 1. The predicted octanol–water partition coefficient (Wildman–Crippen LogP) is 7.21. The molecule has 4 aromatic rings. The monoisotopic (exact) mass is 474 g/mol. The lowest BCUT2D eigenvalue weighted by Crippen LogP contribution is -2.02. The van der Waals surface area contributed by atoms with Crippen LogP contribution in [-0.2, 0) is 6.61 Å². The lowest BCUT2D eigenvalue weighted by atomic mass is 10.1. The number of halogens is 1. The summed E-state index contributed by atoms with van der Waals surface area (Å²) in [5, 5.41) is 14.2. The maximum atomic E-state index is 9.70. The Morgan fingerprint density at radius 2 is 1.88 bits per heavy atom. The van der Waals surface area contributed by atoms with Gasteiger partial charge in [-0.1, -0.05) is 37.6 Å². The highest BCUT2D eigenvalue weighted by Gasteiger charge is 2.16. The number of nitrogens with zero attached hydrogens (tertiary/aromatic N) is 3. The normalized spacial score (nSPS) is 10.1. The van der Waals surface area contributed by atoms with Crippen LogP contribution in [0.25, 0.3) is 10.9 Å². The number of aromatic nitrogens is 2. The fourth-order valence-electron chi connectivity index (χ4n) is 3.38. The molecule has 0 saturated heterocycles. The fourth-order valence-corrected chi connectivity index (χ4v) is 3.61. The molecule has 0 saturated carbocycles. The highest BCUT2D eigenvalue weighted by atomic mass is 35.5. The maximum absolute atomic E-state index is 9.70. The third-order valence-electron chi connectivity index (χ3n) is 4.90. The second-order valence-electron chi connectivity index (χ2n) is 7.08. The minimum atomic E-state index is 0.317. The van der Waals surface area contributed by atoms with Crippen LogP contribution in [0.15, 0.2) is 60.9 Å². The van der Waals surface area contributed by atoms with Gasteiger partial charge in [0.05, 0.1) is 39.5 Å². The first-order valence-corrected chi connectivity index (χ1v) is 11.5. The van der Waals surface area contributed by atoms with E-state index in [4.69, 9.17) is 21.1 Å². The van der Waals surface area contributed by atoms with Crippen LogP contribution in [-0.4, -0.2) is 16.6 Å². The van der Waals surface area contributed by atoms with Crippen molar-refractivity contribution in [1.82, 2.24) is 9.97 Å². The van der Waals surface area contributed by atoms with Gasteiger partial charge < -0.3 is 14.8 Å². The van der Waals surface area contributed by atoms with Crippen molar-refractivity contribution in [2.45, 2.75) is 34.3 Å². The Balaban J connectivity index is 0.00000158. The van der Waals surface area contributed by atoms with Gasteiger partial charge in [0.1, 0.15) is 24.2 Å². The van der Waals surface area contributed by atoms with E-state index in [-0.39, 0.29) is 0 Å². The van der Waals surface area contributed by atoms with Crippen LogP contribution in [0.5, 0.6) is 11.5 Å². The number of rotatable bonds is 7. The number of ether oxygens (including phenoxy) is 2. The average Bonchev–Trinajstić information content (AvgIpc) is 2.87. The number of benzene rings is 2. The van der Waals surface area contributed by atoms with E-state index in [1.54, 1.807) is 24.5 Å². The van der Waals surface area contributed by atoms with E-state index in [9.17, 15) is 5.26 Å². The summed E-state index contributed by atoms with van der Waals surface area (Å²) in [6.45, 7) is 8.72. The van der Waals surface area contributed by atoms with Crippen LogP contribution in [0, 0.1) is 18.3 Å². The van der Waals surface area contributed by atoms with Crippen molar-refractivity contribution in [3.8, 4) is 17.6 Å². The molecule has 2 heterocycles. The first-order valence-electron chi connectivity index (χ1n) is 11.1. The van der Waals surface area contributed by atoms with Crippen LogP contribution in [0.1, 0.15) is 37.6 Å². The number of fused-ring (bicyclic) bond motifs is 1. The molecule has 2 aromatic heterocycles. The van der Waals surface area contributed by atoms with E-state index < -0.39 is 0 Å². The molecule has 0 radical (unpaired) electrons. The van der Waals surface area contributed by atoms with Gasteiger partial charge in [-0.05, 0) is 55.8 Å². The first-order chi connectivity index (χ1) is 16.6. The van der Waals surface area contributed by atoms with Gasteiger partial charge in [0.15, 0.2) is 0 Å². The number of hydrogen-bond donors (Lipinski definition) is 1. The van der Waals surface area contributed by atoms with Gasteiger partial charge in [-0.15, -0.1) is 0 Å². The number of aryl methyl sites for hydroxylation is 1. The minimum absolute atomic E-state index is 0.317. The van der Waals surface area contributed by atoms with Gasteiger partial charge in [-0.2, -0.15) is 5.26 Å². The van der Waals surface area contributed by atoms with Crippen LogP contribution >= 0.6 is 11.6 Å². The molecule has 6 nitrogen and oxygen atoms in total. The largest absolute Gasteiger partial charge is 0.493 e. The van der Waals surface area contributed by atoms with Crippen molar-refractivity contribution in [3.05, 3.63) is 82.8 Å². The van der Waals surface area contributed by atoms with Crippen molar-refractivity contribution < 1.29 is 9.47 Å². The zero-order valence-electron chi connectivity index (χ0n) is 19.7. The summed E-state index contributed by atoms with van der Waals surface area (Å²) in [7, 11) is 0. The summed E-state index contributed by atoms with van der Waals surface area (Å²) < 4.78 is 11.7. The van der Waals surface area contributed by atoms with E-state index in [0.29, 0.717) is 46.7 Å². The van der Waals surface area contributed by atoms with Crippen LogP contribution in [0.2, 0.25) is 5.02 Å². The molecule has 34 heavy (non-hydrogen) atoms. The lowest BCUT2D eigenvalue weighted by molar-refractivity contribution is 0.301. The minimum Gasteiger partial charge on any atom is -0.493 e. The number of nitrogens with one attached hydrogen (secondary N) is 1. The van der Waals surface area contributed by atoms with E-state index in [0.717, 1.165) is 22.2 Å². The van der Waals surface area contributed by atoms with E-state index in [1.165, 1.54) is 0 Å². The molecule has 0 spiro atoms. The van der Waals surface area contributed by atoms with Crippen molar-refractivity contribution in [1.29, 1.82) is 5.26 Å². The second-order valence-corrected chi connectivity index (χ2v) is 7.48. The Kier molecular flexibility index (Phi) is 8.66. The molecular weight excluding hydrogens is 448 g/mol. The molecule has 2 aromatic carbocycles. The summed E-state index contributed by atoms with van der Waals surface area (Å²) >= 11 is 6.47. The molecule has 0 aliphatic heterocycles. The summed E-state index contributed by atoms with van der Waals surface area (Å²) in [6.07, 6.45) is 3.28. The summed E-state index contributed by atoms with van der Waals surface area (Å²) in [4.78, 5) is 8.68. The molecule has 174 valence electrons. The average molecular weight is 475 g/mol. The Morgan fingerprint density at radius 1 is 1.06 bits per heavy atom. The Labute approximate surface area is 205 Å². The van der Waals surface area contributed by atoms with Gasteiger partial charge in [0, 0.05) is 18.1 Å². The third-order valence-corrected chi connectivity index (χ3v) is 5.19. The molecule has 1 N–H and O–H groups in total. The van der Waals surface area contributed by atoms with E-state index in [2.05, 4.69) is 21.4 Å². The Hall–Kier alpha value is -3.82.